The van der Waals surface area contributed by atoms with Gasteiger partial charge < -0.3 is 9.88 Å². The molecule has 0 aliphatic carbocycles. The number of para-hydroxylation sites is 2. The Labute approximate surface area is 116 Å². The van der Waals surface area contributed by atoms with Crippen LogP contribution in [-0.2, 0) is 13.6 Å². The Morgan fingerprint density at radius 2 is 1.89 bits per heavy atom. The Balaban J connectivity index is 1.96. The van der Waals surface area contributed by atoms with E-state index in [0.717, 1.165) is 23.8 Å². The van der Waals surface area contributed by atoms with Crippen molar-refractivity contribution in [3.05, 3.63) is 30.1 Å². The number of nitrogens with zero attached hydrogens (tertiary/aromatic N) is 2. The molecular formula is C16H25N3. The van der Waals surface area contributed by atoms with Crippen LogP contribution in [0.5, 0.6) is 0 Å². The van der Waals surface area contributed by atoms with Gasteiger partial charge in [-0.15, -0.1) is 0 Å². The quantitative estimate of drug-likeness (QED) is 0.860. The number of imidazole rings is 1. The van der Waals surface area contributed by atoms with E-state index in [9.17, 15) is 0 Å². The van der Waals surface area contributed by atoms with Gasteiger partial charge in [-0.3, -0.25) is 0 Å². The summed E-state index contributed by atoms with van der Waals surface area (Å²) in [6, 6.07) is 8.83. The highest BCUT2D eigenvalue weighted by molar-refractivity contribution is 5.75. The molecule has 1 atom stereocenters. The molecule has 0 spiro atoms. The normalized spacial score (nSPS) is 13.3. The molecule has 0 saturated carbocycles. The summed E-state index contributed by atoms with van der Waals surface area (Å²) in [5, 5.41) is 3.57. The van der Waals surface area contributed by atoms with Crippen LogP contribution in [0.15, 0.2) is 24.3 Å². The van der Waals surface area contributed by atoms with Crippen LogP contribution in [0.25, 0.3) is 11.0 Å². The predicted molar refractivity (Wildman–Crippen MR) is 81.1 cm³/mol. The molecule has 1 heterocycles. The van der Waals surface area contributed by atoms with Crippen LogP contribution >= 0.6 is 0 Å². The van der Waals surface area contributed by atoms with Gasteiger partial charge in [0, 0.05) is 13.1 Å². The van der Waals surface area contributed by atoms with Crippen LogP contribution in [0.1, 0.15) is 39.4 Å². The first-order valence-electron chi connectivity index (χ1n) is 7.21. The van der Waals surface area contributed by atoms with Crippen LogP contribution in [-0.4, -0.2) is 15.6 Å². The molecule has 0 radical (unpaired) electrons. The second-order valence-electron chi connectivity index (χ2n) is 5.83. The summed E-state index contributed by atoms with van der Waals surface area (Å²) < 4.78 is 2.18. The Kier molecular flexibility index (Phi) is 4.59. The zero-order chi connectivity index (χ0) is 13.8. The van der Waals surface area contributed by atoms with E-state index in [4.69, 9.17) is 0 Å². The Bertz CT molecular complexity index is 528. The van der Waals surface area contributed by atoms with Gasteiger partial charge in [0.25, 0.3) is 0 Å². The molecule has 104 valence electrons. The van der Waals surface area contributed by atoms with Crippen molar-refractivity contribution in [3.8, 4) is 0 Å². The minimum Gasteiger partial charge on any atom is -0.330 e. The van der Waals surface area contributed by atoms with E-state index in [0.29, 0.717) is 6.04 Å². The predicted octanol–water partition coefficient (Wildman–Crippen LogP) is 3.49. The third-order valence-corrected chi connectivity index (χ3v) is 3.67. The summed E-state index contributed by atoms with van der Waals surface area (Å²) in [7, 11) is 2.09. The van der Waals surface area contributed by atoms with Crippen molar-refractivity contribution in [1.29, 1.82) is 0 Å². The Hall–Kier alpha value is -1.35. The zero-order valence-corrected chi connectivity index (χ0v) is 12.5. The standard InChI is InChI=1S/C16H25N3/c1-12(2)9-10-13(3)17-11-16-18-14-7-5-6-8-15(14)19(16)4/h5-8,12-13,17H,9-11H2,1-4H3. The fourth-order valence-electron chi connectivity index (χ4n) is 2.30. The number of aromatic nitrogens is 2. The summed E-state index contributed by atoms with van der Waals surface area (Å²) >= 11 is 0. The molecule has 3 heteroatoms. The number of nitrogens with one attached hydrogen (secondary N) is 1. The zero-order valence-electron chi connectivity index (χ0n) is 12.5. The second-order valence-corrected chi connectivity index (χ2v) is 5.83. The third kappa shape index (κ3) is 3.57. The maximum absolute atomic E-state index is 4.68. The summed E-state index contributed by atoms with van der Waals surface area (Å²) in [5.41, 5.74) is 2.28. The largest absolute Gasteiger partial charge is 0.330 e. The van der Waals surface area contributed by atoms with Crippen molar-refractivity contribution in [3.63, 3.8) is 0 Å². The van der Waals surface area contributed by atoms with Gasteiger partial charge in [-0.2, -0.15) is 0 Å². The van der Waals surface area contributed by atoms with Gasteiger partial charge in [-0.1, -0.05) is 26.0 Å². The number of hydrogen-bond donors (Lipinski definition) is 1. The summed E-state index contributed by atoms with van der Waals surface area (Å²) in [4.78, 5) is 4.68. The van der Waals surface area contributed by atoms with Crippen molar-refractivity contribution in [2.75, 3.05) is 0 Å². The molecule has 0 fully saturated rings. The molecule has 0 aliphatic rings. The molecule has 2 aromatic rings. The molecule has 1 aromatic carbocycles. The molecular weight excluding hydrogens is 234 g/mol. The SMILES string of the molecule is CC(C)CCC(C)NCc1nc2ccccc2n1C. The fourth-order valence-corrected chi connectivity index (χ4v) is 2.30. The lowest BCUT2D eigenvalue weighted by atomic mass is 10.0. The van der Waals surface area contributed by atoms with Crippen LogP contribution in [0.3, 0.4) is 0 Å². The monoisotopic (exact) mass is 259 g/mol. The lowest BCUT2D eigenvalue weighted by Crippen LogP contribution is -2.27. The Morgan fingerprint density at radius 1 is 1.16 bits per heavy atom. The molecule has 1 unspecified atom stereocenters. The number of benzene rings is 1. The van der Waals surface area contributed by atoms with Crippen molar-refractivity contribution in [1.82, 2.24) is 14.9 Å². The van der Waals surface area contributed by atoms with Gasteiger partial charge in [0.1, 0.15) is 5.82 Å². The molecule has 1 N–H and O–H groups in total. The van der Waals surface area contributed by atoms with Gasteiger partial charge in [-0.05, 0) is 37.8 Å². The third-order valence-electron chi connectivity index (χ3n) is 3.67. The molecule has 0 amide bonds. The van der Waals surface area contributed by atoms with E-state index in [1.54, 1.807) is 0 Å². The molecule has 19 heavy (non-hydrogen) atoms. The average molecular weight is 259 g/mol. The van der Waals surface area contributed by atoms with Crippen molar-refractivity contribution in [2.24, 2.45) is 13.0 Å². The summed E-state index contributed by atoms with van der Waals surface area (Å²) in [6.07, 6.45) is 2.50. The van der Waals surface area contributed by atoms with Crippen LogP contribution in [0.2, 0.25) is 0 Å². The van der Waals surface area contributed by atoms with Crippen molar-refractivity contribution >= 4 is 11.0 Å². The van der Waals surface area contributed by atoms with Crippen molar-refractivity contribution < 1.29 is 0 Å². The topological polar surface area (TPSA) is 29.9 Å². The number of hydrogen-bond acceptors (Lipinski definition) is 2. The highest BCUT2D eigenvalue weighted by atomic mass is 15.1. The average Bonchev–Trinajstić information content (AvgIpc) is 2.71. The number of aryl methyl sites for hydroxylation is 1. The highest BCUT2D eigenvalue weighted by Gasteiger charge is 2.08. The van der Waals surface area contributed by atoms with E-state index in [2.05, 4.69) is 60.9 Å². The van der Waals surface area contributed by atoms with E-state index < -0.39 is 0 Å². The molecule has 0 bridgehead atoms. The first kappa shape index (κ1) is 14.1. The van der Waals surface area contributed by atoms with Crippen LogP contribution < -0.4 is 5.32 Å². The summed E-state index contributed by atoms with van der Waals surface area (Å²) in [6.45, 7) is 7.64. The van der Waals surface area contributed by atoms with Crippen molar-refractivity contribution in [2.45, 2.75) is 46.2 Å². The maximum atomic E-state index is 4.68. The van der Waals surface area contributed by atoms with Gasteiger partial charge in [-0.25, -0.2) is 4.98 Å². The van der Waals surface area contributed by atoms with E-state index in [1.807, 2.05) is 6.07 Å². The van der Waals surface area contributed by atoms with Gasteiger partial charge >= 0.3 is 0 Å². The fraction of sp³-hybridized carbons (Fsp3) is 0.562. The molecule has 1 aromatic heterocycles. The number of rotatable bonds is 6. The van der Waals surface area contributed by atoms with E-state index in [1.165, 1.54) is 18.4 Å². The minimum absolute atomic E-state index is 0.544. The molecule has 2 rings (SSSR count). The van der Waals surface area contributed by atoms with Gasteiger partial charge in [0.05, 0.1) is 17.6 Å². The number of fused-ring (bicyclic) bond motifs is 1. The van der Waals surface area contributed by atoms with E-state index >= 15 is 0 Å². The van der Waals surface area contributed by atoms with Crippen LogP contribution in [0.4, 0.5) is 0 Å². The Morgan fingerprint density at radius 3 is 2.58 bits per heavy atom. The minimum atomic E-state index is 0.544. The van der Waals surface area contributed by atoms with E-state index in [-0.39, 0.29) is 0 Å². The first-order chi connectivity index (χ1) is 9.08. The molecule has 3 nitrogen and oxygen atoms in total. The van der Waals surface area contributed by atoms with Crippen LogP contribution in [0, 0.1) is 5.92 Å². The summed E-state index contributed by atoms with van der Waals surface area (Å²) in [5.74, 6) is 1.89. The smallest absolute Gasteiger partial charge is 0.123 e. The van der Waals surface area contributed by atoms with Gasteiger partial charge in [0.2, 0.25) is 0 Å². The lowest BCUT2D eigenvalue weighted by Gasteiger charge is -2.14. The molecule has 0 aliphatic heterocycles. The first-order valence-corrected chi connectivity index (χ1v) is 7.21. The maximum Gasteiger partial charge on any atom is 0.123 e. The molecule has 0 saturated heterocycles. The van der Waals surface area contributed by atoms with Gasteiger partial charge in [0.15, 0.2) is 0 Å². The second kappa shape index (κ2) is 6.20. The lowest BCUT2D eigenvalue weighted by molar-refractivity contribution is 0.444. The highest BCUT2D eigenvalue weighted by Crippen LogP contribution is 2.14.